The Bertz CT molecular complexity index is 712. The molecule has 0 unspecified atom stereocenters. The highest BCUT2D eigenvalue weighted by molar-refractivity contribution is 5.93. The molecule has 0 bridgehead atoms. The third-order valence-electron chi connectivity index (χ3n) is 2.90. The fraction of sp³-hybridized carbons (Fsp3) is 0.154. The third kappa shape index (κ3) is 1.52. The normalized spacial score (nSPS) is 11.0. The van der Waals surface area contributed by atoms with Crippen molar-refractivity contribution < 1.29 is 9.26 Å². The molecule has 18 heavy (non-hydrogen) atoms. The summed E-state index contributed by atoms with van der Waals surface area (Å²) >= 11 is 0. The summed E-state index contributed by atoms with van der Waals surface area (Å²) in [7, 11) is 1.64. The summed E-state index contributed by atoms with van der Waals surface area (Å²) < 4.78 is 10.4. The molecule has 2 heterocycles. The van der Waals surface area contributed by atoms with Crippen molar-refractivity contribution in [3.8, 4) is 17.0 Å². The molecule has 0 aliphatic rings. The van der Waals surface area contributed by atoms with E-state index in [1.165, 1.54) is 0 Å². The summed E-state index contributed by atoms with van der Waals surface area (Å²) in [4.78, 5) is 3.27. The average Bonchev–Trinajstić information content (AvgIpc) is 2.92. The first kappa shape index (κ1) is 10.7. The highest BCUT2D eigenvalue weighted by Gasteiger charge is 2.14. The summed E-state index contributed by atoms with van der Waals surface area (Å²) in [6.45, 7) is 2.01. The van der Waals surface area contributed by atoms with Gasteiger partial charge in [0.1, 0.15) is 11.4 Å². The van der Waals surface area contributed by atoms with Crippen LogP contribution < -0.4 is 10.5 Å². The van der Waals surface area contributed by atoms with Gasteiger partial charge in [0, 0.05) is 28.2 Å². The average molecular weight is 243 g/mol. The predicted molar refractivity (Wildman–Crippen MR) is 69.5 cm³/mol. The summed E-state index contributed by atoms with van der Waals surface area (Å²) in [6.07, 6.45) is 0. The lowest BCUT2D eigenvalue weighted by atomic mass is 10.1. The minimum Gasteiger partial charge on any atom is -0.495 e. The number of aryl methyl sites for hydroxylation is 1. The van der Waals surface area contributed by atoms with Crippen LogP contribution in [0.4, 0.5) is 5.88 Å². The third-order valence-corrected chi connectivity index (χ3v) is 2.90. The number of nitrogens with two attached hydrogens (primary N) is 1. The first-order chi connectivity index (χ1) is 8.69. The first-order valence-corrected chi connectivity index (χ1v) is 5.58. The zero-order chi connectivity index (χ0) is 12.7. The van der Waals surface area contributed by atoms with Gasteiger partial charge in [-0.25, -0.2) is 0 Å². The molecular formula is C13H13N3O2. The standard InChI is InChI=1S/C13H13N3O2/c1-7-5-9-10(15-7)4-3-8(13(9)17-2)11-6-12(14)18-16-11/h3-6,15H,14H2,1-2H3. The molecule has 0 aliphatic heterocycles. The van der Waals surface area contributed by atoms with Crippen molar-refractivity contribution in [3.05, 3.63) is 30.0 Å². The topological polar surface area (TPSA) is 77.1 Å². The Balaban J connectivity index is 2.29. The maximum absolute atomic E-state index is 5.55. The Hall–Kier alpha value is -2.43. The van der Waals surface area contributed by atoms with E-state index in [1.54, 1.807) is 13.2 Å². The van der Waals surface area contributed by atoms with Gasteiger partial charge in [-0.3, -0.25) is 0 Å². The second-order valence-electron chi connectivity index (χ2n) is 4.17. The van der Waals surface area contributed by atoms with E-state index < -0.39 is 0 Å². The van der Waals surface area contributed by atoms with Gasteiger partial charge in [-0.1, -0.05) is 5.16 Å². The van der Waals surface area contributed by atoms with Gasteiger partial charge in [0.15, 0.2) is 0 Å². The number of methoxy groups -OCH3 is 1. The minimum absolute atomic E-state index is 0.289. The number of nitrogen functional groups attached to an aromatic ring is 1. The number of aromatic amines is 1. The van der Waals surface area contributed by atoms with Gasteiger partial charge in [-0.05, 0) is 25.1 Å². The van der Waals surface area contributed by atoms with Gasteiger partial charge in [0.2, 0.25) is 5.88 Å². The second-order valence-corrected chi connectivity index (χ2v) is 4.17. The molecule has 0 saturated carbocycles. The molecule has 0 spiro atoms. The molecule has 92 valence electrons. The monoisotopic (exact) mass is 243 g/mol. The van der Waals surface area contributed by atoms with Gasteiger partial charge in [0.05, 0.1) is 7.11 Å². The van der Waals surface area contributed by atoms with Crippen molar-refractivity contribution in [2.75, 3.05) is 12.8 Å². The molecular weight excluding hydrogens is 230 g/mol. The Morgan fingerprint density at radius 2 is 2.17 bits per heavy atom. The highest BCUT2D eigenvalue weighted by Crippen LogP contribution is 2.36. The molecule has 5 heteroatoms. The number of benzene rings is 1. The van der Waals surface area contributed by atoms with E-state index in [4.69, 9.17) is 15.0 Å². The molecule has 3 aromatic rings. The molecule has 0 saturated heterocycles. The maximum atomic E-state index is 5.55. The fourth-order valence-electron chi connectivity index (χ4n) is 2.15. The smallest absolute Gasteiger partial charge is 0.222 e. The van der Waals surface area contributed by atoms with Crippen molar-refractivity contribution in [1.82, 2.24) is 10.1 Å². The van der Waals surface area contributed by atoms with Crippen LogP contribution in [0.15, 0.2) is 28.8 Å². The molecule has 3 rings (SSSR count). The van der Waals surface area contributed by atoms with Gasteiger partial charge < -0.3 is 20.0 Å². The quantitative estimate of drug-likeness (QED) is 0.725. The van der Waals surface area contributed by atoms with Crippen LogP contribution in [-0.2, 0) is 0 Å². The zero-order valence-corrected chi connectivity index (χ0v) is 10.2. The van der Waals surface area contributed by atoms with E-state index in [9.17, 15) is 0 Å². The predicted octanol–water partition coefficient (Wildman–Crippen LogP) is 2.72. The van der Waals surface area contributed by atoms with Crippen molar-refractivity contribution in [1.29, 1.82) is 0 Å². The number of fused-ring (bicyclic) bond motifs is 1. The van der Waals surface area contributed by atoms with Crippen molar-refractivity contribution >= 4 is 16.8 Å². The molecule has 1 aromatic carbocycles. The van der Waals surface area contributed by atoms with Crippen LogP contribution in [0.25, 0.3) is 22.2 Å². The number of rotatable bonds is 2. The lowest BCUT2D eigenvalue weighted by molar-refractivity contribution is 0.418. The fourth-order valence-corrected chi connectivity index (χ4v) is 2.15. The van der Waals surface area contributed by atoms with E-state index >= 15 is 0 Å². The van der Waals surface area contributed by atoms with E-state index in [-0.39, 0.29) is 5.88 Å². The number of anilines is 1. The lowest BCUT2D eigenvalue weighted by Crippen LogP contribution is -1.88. The van der Waals surface area contributed by atoms with E-state index in [2.05, 4.69) is 10.1 Å². The molecule has 2 aromatic heterocycles. The van der Waals surface area contributed by atoms with Crippen LogP contribution in [-0.4, -0.2) is 17.3 Å². The van der Waals surface area contributed by atoms with Gasteiger partial charge >= 0.3 is 0 Å². The first-order valence-electron chi connectivity index (χ1n) is 5.58. The highest BCUT2D eigenvalue weighted by atomic mass is 16.5. The van der Waals surface area contributed by atoms with Crippen LogP contribution in [0.5, 0.6) is 5.75 Å². The van der Waals surface area contributed by atoms with Crippen LogP contribution in [0, 0.1) is 6.92 Å². The van der Waals surface area contributed by atoms with Gasteiger partial charge in [0.25, 0.3) is 0 Å². The minimum atomic E-state index is 0.289. The van der Waals surface area contributed by atoms with Gasteiger partial charge in [-0.2, -0.15) is 0 Å². The Kier molecular flexibility index (Phi) is 2.26. The number of nitrogens with zero attached hydrogens (tertiary/aromatic N) is 1. The molecule has 3 N–H and O–H groups in total. The SMILES string of the molecule is COc1c(-c2cc(N)on2)ccc2[nH]c(C)cc12. The number of hydrogen-bond acceptors (Lipinski definition) is 4. The van der Waals surface area contributed by atoms with Crippen molar-refractivity contribution in [2.45, 2.75) is 6.92 Å². The van der Waals surface area contributed by atoms with E-state index in [0.717, 1.165) is 27.9 Å². The Morgan fingerprint density at radius 3 is 2.83 bits per heavy atom. The maximum Gasteiger partial charge on any atom is 0.222 e. The Morgan fingerprint density at radius 1 is 1.33 bits per heavy atom. The zero-order valence-electron chi connectivity index (χ0n) is 10.2. The van der Waals surface area contributed by atoms with Crippen LogP contribution >= 0.6 is 0 Å². The largest absolute Gasteiger partial charge is 0.495 e. The molecule has 0 atom stereocenters. The number of hydrogen-bond donors (Lipinski definition) is 2. The molecule has 0 fully saturated rings. The lowest BCUT2D eigenvalue weighted by Gasteiger charge is -2.06. The number of aromatic nitrogens is 2. The van der Waals surface area contributed by atoms with E-state index in [1.807, 2.05) is 25.1 Å². The van der Waals surface area contributed by atoms with Crippen LogP contribution in [0.3, 0.4) is 0 Å². The summed E-state index contributed by atoms with van der Waals surface area (Å²) in [5.74, 6) is 1.06. The second kappa shape index (κ2) is 3.80. The Labute approximate surface area is 104 Å². The van der Waals surface area contributed by atoms with Gasteiger partial charge in [-0.15, -0.1) is 0 Å². The molecule has 0 aliphatic carbocycles. The van der Waals surface area contributed by atoms with Crippen molar-refractivity contribution in [2.24, 2.45) is 0 Å². The number of H-pyrrole nitrogens is 1. The van der Waals surface area contributed by atoms with E-state index in [0.29, 0.717) is 5.69 Å². The molecule has 5 nitrogen and oxygen atoms in total. The molecule has 0 radical (unpaired) electrons. The number of nitrogens with one attached hydrogen (secondary N) is 1. The van der Waals surface area contributed by atoms with Crippen LogP contribution in [0.2, 0.25) is 0 Å². The molecule has 0 amide bonds. The summed E-state index contributed by atoms with van der Waals surface area (Å²) in [6, 6.07) is 7.66. The van der Waals surface area contributed by atoms with Crippen molar-refractivity contribution in [3.63, 3.8) is 0 Å². The van der Waals surface area contributed by atoms with Crippen LogP contribution in [0.1, 0.15) is 5.69 Å². The number of ether oxygens (including phenoxy) is 1. The summed E-state index contributed by atoms with van der Waals surface area (Å²) in [5, 5.41) is 4.94. The summed E-state index contributed by atoms with van der Waals surface area (Å²) in [5.41, 5.74) is 9.20.